The number of pyridine rings is 1. The molecule has 21 heavy (non-hydrogen) atoms. The Morgan fingerprint density at radius 1 is 1.29 bits per heavy atom. The van der Waals surface area contributed by atoms with Crippen molar-refractivity contribution in [3.8, 4) is 0 Å². The van der Waals surface area contributed by atoms with Crippen molar-refractivity contribution in [3.63, 3.8) is 0 Å². The summed E-state index contributed by atoms with van der Waals surface area (Å²) in [5.41, 5.74) is 8.95. The Bertz CT molecular complexity index is 888. The van der Waals surface area contributed by atoms with Crippen molar-refractivity contribution >= 4 is 32.5 Å². The maximum Gasteiger partial charge on any atom is 0.268 e. The van der Waals surface area contributed by atoms with Crippen LogP contribution >= 0.6 is 15.9 Å². The second-order valence-electron chi connectivity index (χ2n) is 4.79. The van der Waals surface area contributed by atoms with E-state index in [1.165, 1.54) is 0 Å². The highest BCUT2D eigenvalue weighted by Crippen LogP contribution is 2.23. The van der Waals surface area contributed by atoms with Crippen LogP contribution in [0.2, 0.25) is 0 Å². The van der Waals surface area contributed by atoms with Gasteiger partial charge in [0.2, 0.25) is 0 Å². The molecule has 6 heteroatoms. The van der Waals surface area contributed by atoms with E-state index in [1.807, 2.05) is 24.3 Å². The maximum atomic E-state index is 12.2. The summed E-state index contributed by atoms with van der Waals surface area (Å²) in [6, 6.07) is 7.50. The van der Waals surface area contributed by atoms with Crippen molar-refractivity contribution < 1.29 is 0 Å². The van der Waals surface area contributed by atoms with Gasteiger partial charge in [-0.1, -0.05) is 6.07 Å². The highest BCUT2D eigenvalue weighted by Gasteiger charge is 2.09. The molecule has 2 heterocycles. The second-order valence-corrected chi connectivity index (χ2v) is 5.58. The third-order valence-corrected chi connectivity index (χ3v) is 4.30. The largest absolute Gasteiger partial charge is 0.398 e. The average Bonchev–Trinajstić information content (AvgIpc) is 2.50. The van der Waals surface area contributed by atoms with Crippen LogP contribution in [0.4, 0.5) is 5.69 Å². The summed E-state index contributed by atoms with van der Waals surface area (Å²) in [7, 11) is 0. The van der Waals surface area contributed by atoms with Crippen LogP contribution in [-0.4, -0.2) is 14.5 Å². The summed E-state index contributed by atoms with van der Waals surface area (Å²) in [6.45, 7) is 2.19. The summed E-state index contributed by atoms with van der Waals surface area (Å²) >= 11 is 3.27. The molecular formula is C15H13BrN4O. The van der Waals surface area contributed by atoms with Gasteiger partial charge in [0.25, 0.3) is 5.56 Å². The minimum absolute atomic E-state index is 0.108. The van der Waals surface area contributed by atoms with E-state index in [9.17, 15) is 4.79 Å². The Balaban J connectivity index is 2.13. The number of nitrogen functional groups attached to an aromatic ring is 1. The molecule has 5 nitrogen and oxygen atoms in total. The van der Waals surface area contributed by atoms with E-state index in [2.05, 4.69) is 25.9 Å². The number of anilines is 1. The Labute approximate surface area is 129 Å². The Morgan fingerprint density at radius 3 is 2.90 bits per heavy atom. The SMILES string of the molecule is Cc1ncn(Cc2ccc(N)c3cccnc23)c(=O)c1Br. The molecule has 0 aliphatic rings. The van der Waals surface area contributed by atoms with Gasteiger partial charge in [0.1, 0.15) is 4.47 Å². The molecule has 0 atom stereocenters. The van der Waals surface area contributed by atoms with Gasteiger partial charge in [0, 0.05) is 17.3 Å². The number of nitrogens with zero attached hydrogens (tertiary/aromatic N) is 3. The number of fused-ring (bicyclic) bond motifs is 1. The molecule has 0 aliphatic heterocycles. The molecule has 0 saturated heterocycles. The molecule has 0 bridgehead atoms. The first-order valence-electron chi connectivity index (χ1n) is 6.41. The molecule has 0 saturated carbocycles. The molecule has 0 spiro atoms. The third-order valence-electron chi connectivity index (χ3n) is 3.38. The van der Waals surface area contributed by atoms with Gasteiger partial charge >= 0.3 is 0 Å². The van der Waals surface area contributed by atoms with Gasteiger partial charge in [-0.05, 0) is 46.6 Å². The van der Waals surface area contributed by atoms with Crippen LogP contribution in [0.25, 0.3) is 10.9 Å². The van der Waals surface area contributed by atoms with Gasteiger partial charge in [0.05, 0.1) is 24.1 Å². The number of nitrogens with two attached hydrogens (primary N) is 1. The monoisotopic (exact) mass is 344 g/mol. The fourth-order valence-electron chi connectivity index (χ4n) is 2.22. The fourth-order valence-corrected chi connectivity index (χ4v) is 2.55. The predicted octanol–water partition coefficient (Wildman–Crippen LogP) is 2.49. The standard InChI is InChI=1S/C15H13BrN4O/c1-9-13(16)15(21)20(8-19-9)7-10-4-5-12(17)11-3-2-6-18-14(10)11/h2-6,8H,7,17H2,1H3. The lowest BCUT2D eigenvalue weighted by atomic mass is 10.1. The van der Waals surface area contributed by atoms with Crippen LogP contribution in [0.1, 0.15) is 11.3 Å². The number of aromatic nitrogens is 3. The molecule has 0 radical (unpaired) electrons. The van der Waals surface area contributed by atoms with E-state index in [-0.39, 0.29) is 5.56 Å². The van der Waals surface area contributed by atoms with Gasteiger partial charge in [-0.15, -0.1) is 0 Å². The summed E-state index contributed by atoms with van der Waals surface area (Å²) < 4.78 is 2.04. The molecule has 1 aromatic carbocycles. The maximum absolute atomic E-state index is 12.2. The number of benzene rings is 1. The van der Waals surface area contributed by atoms with E-state index in [0.717, 1.165) is 16.5 Å². The fraction of sp³-hybridized carbons (Fsp3) is 0.133. The molecule has 0 unspecified atom stereocenters. The van der Waals surface area contributed by atoms with Gasteiger partial charge < -0.3 is 5.73 Å². The summed E-state index contributed by atoms with van der Waals surface area (Å²) in [5, 5.41) is 0.891. The zero-order chi connectivity index (χ0) is 15.0. The third kappa shape index (κ3) is 2.42. The minimum atomic E-state index is -0.108. The van der Waals surface area contributed by atoms with Crippen LogP contribution in [0, 0.1) is 6.92 Å². The molecule has 0 amide bonds. The normalized spacial score (nSPS) is 11.0. The lowest BCUT2D eigenvalue weighted by Gasteiger charge is -2.10. The van der Waals surface area contributed by atoms with Crippen molar-refractivity contribution in [3.05, 3.63) is 62.9 Å². The first kappa shape index (κ1) is 13.8. The Hall–Kier alpha value is -2.21. The molecule has 3 aromatic rings. The van der Waals surface area contributed by atoms with Crippen molar-refractivity contribution in [2.24, 2.45) is 0 Å². The molecule has 2 N–H and O–H groups in total. The number of rotatable bonds is 2. The van der Waals surface area contributed by atoms with Crippen LogP contribution < -0.4 is 11.3 Å². The van der Waals surface area contributed by atoms with Crippen molar-refractivity contribution in [2.45, 2.75) is 13.5 Å². The van der Waals surface area contributed by atoms with E-state index in [1.54, 1.807) is 24.0 Å². The van der Waals surface area contributed by atoms with E-state index in [4.69, 9.17) is 5.73 Å². The van der Waals surface area contributed by atoms with Crippen molar-refractivity contribution in [1.82, 2.24) is 14.5 Å². The first-order chi connectivity index (χ1) is 10.1. The lowest BCUT2D eigenvalue weighted by molar-refractivity contribution is 0.727. The number of halogens is 1. The second kappa shape index (κ2) is 5.29. The van der Waals surface area contributed by atoms with Crippen LogP contribution in [0.15, 0.2) is 46.1 Å². The van der Waals surface area contributed by atoms with E-state index >= 15 is 0 Å². The molecular weight excluding hydrogens is 332 g/mol. The molecule has 2 aromatic heterocycles. The van der Waals surface area contributed by atoms with Gasteiger partial charge in [-0.25, -0.2) is 4.98 Å². The Morgan fingerprint density at radius 2 is 2.10 bits per heavy atom. The van der Waals surface area contributed by atoms with Crippen LogP contribution in [-0.2, 0) is 6.54 Å². The predicted molar refractivity (Wildman–Crippen MR) is 86.2 cm³/mol. The number of hydrogen-bond acceptors (Lipinski definition) is 4. The zero-order valence-corrected chi connectivity index (χ0v) is 13.0. The van der Waals surface area contributed by atoms with Gasteiger partial charge in [-0.2, -0.15) is 0 Å². The molecule has 3 rings (SSSR count). The molecule has 0 aliphatic carbocycles. The lowest BCUT2D eigenvalue weighted by Crippen LogP contribution is -2.22. The quantitative estimate of drug-likeness (QED) is 0.724. The topological polar surface area (TPSA) is 73.8 Å². The number of hydrogen-bond donors (Lipinski definition) is 1. The molecule has 0 fully saturated rings. The van der Waals surface area contributed by atoms with Crippen LogP contribution in [0.5, 0.6) is 0 Å². The van der Waals surface area contributed by atoms with Crippen LogP contribution in [0.3, 0.4) is 0 Å². The zero-order valence-electron chi connectivity index (χ0n) is 11.4. The summed E-state index contributed by atoms with van der Waals surface area (Å²) in [4.78, 5) is 20.8. The van der Waals surface area contributed by atoms with Crippen molar-refractivity contribution in [1.29, 1.82) is 0 Å². The summed E-state index contributed by atoms with van der Waals surface area (Å²) in [6.07, 6.45) is 3.27. The summed E-state index contributed by atoms with van der Waals surface area (Å²) in [5.74, 6) is 0. The first-order valence-corrected chi connectivity index (χ1v) is 7.21. The average molecular weight is 345 g/mol. The highest BCUT2D eigenvalue weighted by atomic mass is 79.9. The Kier molecular flexibility index (Phi) is 3.47. The van der Waals surface area contributed by atoms with E-state index < -0.39 is 0 Å². The van der Waals surface area contributed by atoms with Crippen molar-refractivity contribution in [2.75, 3.05) is 5.73 Å². The van der Waals surface area contributed by atoms with E-state index in [0.29, 0.717) is 22.4 Å². The number of aryl methyl sites for hydroxylation is 1. The highest BCUT2D eigenvalue weighted by molar-refractivity contribution is 9.10. The smallest absolute Gasteiger partial charge is 0.268 e. The minimum Gasteiger partial charge on any atom is -0.398 e. The van der Waals surface area contributed by atoms with Gasteiger partial charge in [-0.3, -0.25) is 14.3 Å². The van der Waals surface area contributed by atoms with Gasteiger partial charge in [0.15, 0.2) is 0 Å². The molecule has 106 valence electrons.